The summed E-state index contributed by atoms with van der Waals surface area (Å²) in [6.45, 7) is 0. The minimum atomic E-state index is -0.680. The number of carbonyl (C=O) groups excluding carboxylic acids is 2. The van der Waals surface area contributed by atoms with Crippen molar-refractivity contribution in [1.82, 2.24) is 9.78 Å². The van der Waals surface area contributed by atoms with E-state index in [1.54, 1.807) is 29.1 Å². The average molecular weight is 492 g/mol. The van der Waals surface area contributed by atoms with Gasteiger partial charge in [0.05, 0.1) is 18.4 Å². The van der Waals surface area contributed by atoms with E-state index < -0.39 is 11.6 Å². The molecule has 0 fully saturated rings. The molecule has 0 saturated heterocycles. The summed E-state index contributed by atoms with van der Waals surface area (Å²) in [7, 11) is 1.41. The van der Waals surface area contributed by atoms with Gasteiger partial charge in [0.15, 0.2) is 11.5 Å². The fourth-order valence-corrected chi connectivity index (χ4v) is 3.80. The zero-order valence-corrected chi connectivity index (χ0v) is 19.7. The van der Waals surface area contributed by atoms with Gasteiger partial charge >= 0.3 is 11.6 Å². The topological polar surface area (TPSA) is 101 Å². The molecule has 37 heavy (non-hydrogen) atoms. The maximum absolute atomic E-state index is 12.9. The van der Waals surface area contributed by atoms with Crippen LogP contribution in [0.3, 0.4) is 0 Å². The SMILES string of the molecule is COc1cc(C=O)ccc1OC(=O)/C=C/c1cn(-c2ccccc2)nc1-c1cc2ccccc2oc1=O. The molecule has 0 spiro atoms. The smallest absolute Gasteiger partial charge is 0.345 e. The van der Waals surface area contributed by atoms with Crippen LogP contribution in [0.5, 0.6) is 11.5 Å². The quantitative estimate of drug-likeness (QED) is 0.103. The highest BCUT2D eigenvalue weighted by Crippen LogP contribution is 2.29. The lowest BCUT2D eigenvalue weighted by Gasteiger charge is -2.08. The van der Waals surface area contributed by atoms with Gasteiger partial charge in [-0.2, -0.15) is 5.10 Å². The number of aldehydes is 1. The number of fused-ring (bicyclic) bond motifs is 1. The molecule has 0 amide bonds. The highest BCUT2D eigenvalue weighted by molar-refractivity contribution is 5.91. The van der Waals surface area contributed by atoms with Crippen molar-refractivity contribution in [3.8, 4) is 28.4 Å². The molecule has 5 aromatic rings. The van der Waals surface area contributed by atoms with E-state index in [4.69, 9.17) is 13.9 Å². The van der Waals surface area contributed by atoms with Gasteiger partial charge in [-0.25, -0.2) is 14.3 Å². The third-order valence-corrected chi connectivity index (χ3v) is 5.59. The van der Waals surface area contributed by atoms with Crippen molar-refractivity contribution in [2.24, 2.45) is 0 Å². The van der Waals surface area contributed by atoms with Gasteiger partial charge in [0.2, 0.25) is 0 Å². The Morgan fingerprint density at radius 2 is 1.76 bits per heavy atom. The van der Waals surface area contributed by atoms with Gasteiger partial charge < -0.3 is 13.9 Å². The lowest BCUT2D eigenvalue weighted by molar-refractivity contribution is -0.129. The molecule has 0 aliphatic carbocycles. The monoisotopic (exact) mass is 492 g/mol. The normalized spacial score (nSPS) is 11.1. The van der Waals surface area contributed by atoms with Gasteiger partial charge in [-0.1, -0.05) is 36.4 Å². The Morgan fingerprint density at radius 1 is 0.973 bits per heavy atom. The number of para-hydroxylation sites is 2. The zero-order valence-electron chi connectivity index (χ0n) is 19.7. The van der Waals surface area contributed by atoms with Crippen molar-refractivity contribution < 1.29 is 23.5 Å². The Hall–Kier alpha value is -5.24. The maximum Gasteiger partial charge on any atom is 0.345 e. The van der Waals surface area contributed by atoms with Crippen molar-refractivity contribution in [2.45, 2.75) is 0 Å². The molecule has 2 aromatic heterocycles. The average Bonchev–Trinajstić information content (AvgIpc) is 3.36. The minimum Gasteiger partial charge on any atom is -0.493 e. The predicted molar refractivity (Wildman–Crippen MR) is 138 cm³/mol. The first kappa shape index (κ1) is 23.5. The second kappa shape index (κ2) is 10.2. The van der Waals surface area contributed by atoms with E-state index in [0.717, 1.165) is 11.1 Å². The van der Waals surface area contributed by atoms with E-state index in [-0.39, 0.29) is 17.1 Å². The number of hydrogen-bond acceptors (Lipinski definition) is 7. The molecule has 0 radical (unpaired) electrons. The molecule has 0 saturated carbocycles. The number of carbonyl (C=O) groups is 2. The molecular weight excluding hydrogens is 472 g/mol. The number of aromatic nitrogens is 2. The maximum atomic E-state index is 12.9. The summed E-state index contributed by atoms with van der Waals surface area (Å²) < 4.78 is 17.7. The van der Waals surface area contributed by atoms with E-state index in [9.17, 15) is 14.4 Å². The van der Waals surface area contributed by atoms with Gasteiger partial charge in [-0.05, 0) is 48.5 Å². The number of ether oxygens (including phenoxy) is 2. The molecule has 8 heteroatoms. The van der Waals surface area contributed by atoms with Crippen molar-refractivity contribution in [3.63, 3.8) is 0 Å². The Kier molecular flexibility index (Phi) is 6.46. The van der Waals surface area contributed by atoms with E-state index >= 15 is 0 Å². The largest absolute Gasteiger partial charge is 0.493 e. The van der Waals surface area contributed by atoms with Crippen molar-refractivity contribution in [2.75, 3.05) is 7.11 Å². The predicted octanol–water partition coefficient (Wildman–Crippen LogP) is 5.09. The lowest BCUT2D eigenvalue weighted by atomic mass is 10.1. The second-order valence-corrected chi connectivity index (χ2v) is 7.98. The molecule has 3 aromatic carbocycles. The molecule has 2 heterocycles. The van der Waals surface area contributed by atoms with Crippen LogP contribution in [-0.4, -0.2) is 29.1 Å². The molecule has 0 bridgehead atoms. The molecule has 0 aliphatic heterocycles. The van der Waals surface area contributed by atoms with Crippen LogP contribution in [-0.2, 0) is 4.79 Å². The Labute approximate surface area is 211 Å². The van der Waals surface area contributed by atoms with Crippen LogP contribution in [0.15, 0.2) is 100 Å². The third kappa shape index (κ3) is 4.94. The summed E-state index contributed by atoms with van der Waals surface area (Å²) in [5, 5.41) is 5.37. The van der Waals surface area contributed by atoms with Crippen LogP contribution in [0.25, 0.3) is 34.0 Å². The molecule has 0 aliphatic rings. The van der Waals surface area contributed by atoms with Gasteiger partial charge in [0.1, 0.15) is 17.6 Å². The Bertz CT molecular complexity index is 1700. The number of benzene rings is 3. The first-order valence-electron chi connectivity index (χ1n) is 11.3. The second-order valence-electron chi connectivity index (χ2n) is 7.98. The molecular formula is C29H20N2O6. The molecule has 0 N–H and O–H groups in total. The lowest BCUT2D eigenvalue weighted by Crippen LogP contribution is -2.06. The summed E-state index contributed by atoms with van der Waals surface area (Å²) in [6.07, 6.45) is 5.13. The molecule has 0 atom stereocenters. The number of esters is 1. The zero-order chi connectivity index (χ0) is 25.8. The van der Waals surface area contributed by atoms with Gasteiger partial charge in [0, 0.05) is 28.8 Å². The molecule has 0 unspecified atom stereocenters. The van der Waals surface area contributed by atoms with E-state index in [1.165, 1.54) is 37.5 Å². The summed E-state index contributed by atoms with van der Waals surface area (Å²) >= 11 is 0. The number of rotatable bonds is 7. The summed E-state index contributed by atoms with van der Waals surface area (Å²) in [5.74, 6) is -0.267. The van der Waals surface area contributed by atoms with Crippen LogP contribution in [0, 0.1) is 0 Å². The van der Waals surface area contributed by atoms with Gasteiger partial charge in [-0.15, -0.1) is 0 Å². The molecule has 8 nitrogen and oxygen atoms in total. The van der Waals surface area contributed by atoms with E-state index in [1.807, 2.05) is 42.5 Å². The first-order chi connectivity index (χ1) is 18.1. The number of nitrogens with zero attached hydrogens (tertiary/aromatic N) is 2. The number of methoxy groups -OCH3 is 1. The fourth-order valence-electron chi connectivity index (χ4n) is 3.80. The van der Waals surface area contributed by atoms with Crippen LogP contribution < -0.4 is 15.1 Å². The summed E-state index contributed by atoms with van der Waals surface area (Å²) in [4.78, 5) is 36.5. The van der Waals surface area contributed by atoms with Crippen LogP contribution in [0.2, 0.25) is 0 Å². The van der Waals surface area contributed by atoms with Crippen LogP contribution in [0.4, 0.5) is 0 Å². The van der Waals surface area contributed by atoms with Crippen molar-refractivity contribution in [3.05, 3.63) is 113 Å². The van der Waals surface area contributed by atoms with Gasteiger partial charge in [0.25, 0.3) is 0 Å². The van der Waals surface area contributed by atoms with Crippen LogP contribution in [0.1, 0.15) is 15.9 Å². The van der Waals surface area contributed by atoms with Gasteiger partial charge in [-0.3, -0.25) is 4.79 Å². The van der Waals surface area contributed by atoms with Crippen molar-refractivity contribution in [1.29, 1.82) is 0 Å². The van der Waals surface area contributed by atoms with E-state index in [0.29, 0.717) is 28.7 Å². The minimum absolute atomic E-state index is 0.165. The Balaban J connectivity index is 1.53. The highest BCUT2D eigenvalue weighted by atomic mass is 16.6. The molecule has 5 rings (SSSR count). The Morgan fingerprint density at radius 3 is 2.54 bits per heavy atom. The molecule has 182 valence electrons. The van der Waals surface area contributed by atoms with E-state index in [2.05, 4.69) is 5.10 Å². The standard InChI is InChI=1S/C29H20N2O6/c1-35-26-15-19(18-32)11-13-25(26)36-27(33)14-12-21-17-31(22-8-3-2-4-9-22)30-28(21)23-16-20-7-5-6-10-24(20)37-29(23)34/h2-18H,1H3/b14-12+. The summed E-state index contributed by atoms with van der Waals surface area (Å²) in [6, 6.07) is 22.8. The van der Waals surface area contributed by atoms with Crippen molar-refractivity contribution >= 4 is 29.3 Å². The highest BCUT2D eigenvalue weighted by Gasteiger charge is 2.17. The number of hydrogen-bond donors (Lipinski definition) is 0. The van der Waals surface area contributed by atoms with Crippen LogP contribution >= 0.6 is 0 Å². The first-order valence-corrected chi connectivity index (χ1v) is 11.3. The fraction of sp³-hybridized carbons (Fsp3) is 0.0345. The third-order valence-electron chi connectivity index (χ3n) is 5.59. The summed E-state index contributed by atoms with van der Waals surface area (Å²) in [5.41, 5.74) is 2.19.